The molecule has 4 nitrogen and oxygen atoms in total. The topological polar surface area (TPSA) is 57.6 Å². The van der Waals surface area contributed by atoms with Gasteiger partial charge in [-0.1, -0.05) is 6.92 Å². The average Bonchev–Trinajstić information content (AvgIpc) is 2.51. The number of carbonyl (C=O) groups excluding carboxylic acids is 1. The number of likely N-dealkylation sites (tertiary alicyclic amines) is 1. The Balaban J connectivity index is 2.15. The molecule has 1 unspecified atom stereocenters. The third-order valence-electron chi connectivity index (χ3n) is 2.66. The van der Waals surface area contributed by atoms with Crippen LogP contribution in [0.25, 0.3) is 0 Å². The van der Waals surface area contributed by atoms with Crippen LogP contribution in [-0.2, 0) is 9.59 Å². The molecule has 0 spiro atoms. The number of amides is 1. The van der Waals surface area contributed by atoms with Crippen LogP contribution < -0.4 is 0 Å². The molecular weight excluding hydrogens is 182 g/mol. The van der Waals surface area contributed by atoms with Crippen molar-refractivity contribution in [1.29, 1.82) is 0 Å². The molecule has 1 N–H and O–H groups in total. The van der Waals surface area contributed by atoms with Gasteiger partial charge in [0.2, 0.25) is 5.91 Å². The van der Waals surface area contributed by atoms with E-state index in [1.165, 1.54) is 0 Å². The van der Waals surface area contributed by atoms with Crippen molar-refractivity contribution < 1.29 is 14.7 Å². The van der Waals surface area contributed by atoms with E-state index in [1.54, 1.807) is 6.92 Å². The number of carboxylic acids is 1. The molecule has 1 heterocycles. The minimum atomic E-state index is -0.752. The lowest BCUT2D eigenvalue weighted by molar-refractivity contribution is -0.141. The van der Waals surface area contributed by atoms with Crippen molar-refractivity contribution in [3.05, 3.63) is 0 Å². The molecule has 0 bridgehead atoms. The third kappa shape index (κ3) is 3.01. The van der Waals surface area contributed by atoms with Crippen LogP contribution in [0.2, 0.25) is 0 Å². The van der Waals surface area contributed by atoms with E-state index in [0.717, 1.165) is 25.9 Å². The van der Waals surface area contributed by atoms with Crippen LogP contribution in [0.3, 0.4) is 0 Å². The van der Waals surface area contributed by atoms with Crippen molar-refractivity contribution >= 4 is 11.9 Å². The summed E-state index contributed by atoms with van der Waals surface area (Å²) in [6.45, 7) is 3.27. The van der Waals surface area contributed by atoms with Crippen LogP contribution in [0.5, 0.6) is 0 Å². The summed E-state index contributed by atoms with van der Waals surface area (Å²) in [5.41, 5.74) is 0. The highest BCUT2D eigenvalue weighted by Crippen LogP contribution is 2.12. The van der Waals surface area contributed by atoms with Gasteiger partial charge in [-0.25, -0.2) is 0 Å². The van der Waals surface area contributed by atoms with Crippen molar-refractivity contribution in [2.75, 3.05) is 13.1 Å². The molecule has 1 saturated heterocycles. The van der Waals surface area contributed by atoms with E-state index in [4.69, 9.17) is 5.11 Å². The van der Waals surface area contributed by atoms with Gasteiger partial charge in [0.1, 0.15) is 0 Å². The molecule has 1 atom stereocenters. The third-order valence-corrected chi connectivity index (χ3v) is 2.66. The quantitative estimate of drug-likeness (QED) is 0.721. The van der Waals surface area contributed by atoms with Crippen LogP contribution in [-0.4, -0.2) is 35.0 Å². The molecule has 0 aromatic heterocycles. The van der Waals surface area contributed by atoms with Crippen molar-refractivity contribution in [2.24, 2.45) is 5.92 Å². The molecule has 0 aromatic carbocycles. The second kappa shape index (κ2) is 4.98. The van der Waals surface area contributed by atoms with Crippen LogP contribution >= 0.6 is 0 Å². The Morgan fingerprint density at radius 2 is 2.36 bits per heavy atom. The highest BCUT2D eigenvalue weighted by Gasteiger charge is 2.20. The molecule has 1 rings (SSSR count). The van der Waals surface area contributed by atoms with Gasteiger partial charge in [0.05, 0.1) is 5.92 Å². The van der Waals surface area contributed by atoms with E-state index in [2.05, 4.69) is 0 Å². The fourth-order valence-corrected chi connectivity index (χ4v) is 1.65. The SMILES string of the molecule is CC(CCCN1CCCC1=O)C(=O)O. The summed E-state index contributed by atoms with van der Waals surface area (Å²) in [5, 5.41) is 8.65. The second-order valence-corrected chi connectivity index (χ2v) is 3.87. The lowest BCUT2D eigenvalue weighted by Gasteiger charge is -2.15. The van der Waals surface area contributed by atoms with Gasteiger partial charge in [-0.2, -0.15) is 0 Å². The molecule has 1 aliphatic heterocycles. The highest BCUT2D eigenvalue weighted by molar-refractivity contribution is 5.78. The summed E-state index contributed by atoms with van der Waals surface area (Å²) in [4.78, 5) is 23.5. The van der Waals surface area contributed by atoms with Crippen LogP contribution in [0.15, 0.2) is 0 Å². The lowest BCUT2D eigenvalue weighted by atomic mass is 10.1. The number of hydrogen-bond donors (Lipinski definition) is 1. The van der Waals surface area contributed by atoms with E-state index in [0.29, 0.717) is 12.8 Å². The minimum Gasteiger partial charge on any atom is -0.481 e. The number of aliphatic carboxylic acids is 1. The van der Waals surface area contributed by atoms with Crippen molar-refractivity contribution in [3.8, 4) is 0 Å². The zero-order valence-electron chi connectivity index (χ0n) is 8.53. The summed E-state index contributed by atoms with van der Waals surface area (Å²) in [7, 11) is 0. The molecule has 14 heavy (non-hydrogen) atoms. The summed E-state index contributed by atoms with van der Waals surface area (Å²) >= 11 is 0. The van der Waals surface area contributed by atoms with E-state index >= 15 is 0 Å². The Bertz CT molecular complexity index is 227. The van der Waals surface area contributed by atoms with E-state index < -0.39 is 5.97 Å². The van der Waals surface area contributed by atoms with Gasteiger partial charge in [-0.3, -0.25) is 9.59 Å². The highest BCUT2D eigenvalue weighted by atomic mass is 16.4. The van der Waals surface area contributed by atoms with Gasteiger partial charge >= 0.3 is 5.97 Å². The van der Waals surface area contributed by atoms with E-state index in [-0.39, 0.29) is 11.8 Å². The molecule has 0 aliphatic carbocycles. The van der Waals surface area contributed by atoms with Gasteiger partial charge in [0.15, 0.2) is 0 Å². The maximum absolute atomic E-state index is 11.2. The Labute approximate surface area is 83.9 Å². The number of carboxylic acid groups (broad SMARTS) is 1. The normalized spacial score (nSPS) is 18.6. The van der Waals surface area contributed by atoms with Gasteiger partial charge < -0.3 is 10.0 Å². The Morgan fingerprint density at radius 1 is 1.64 bits per heavy atom. The molecule has 0 aromatic rings. The zero-order chi connectivity index (χ0) is 10.6. The number of carbonyl (C=O) groups is 2. The predicted octanol–water partition coefficient (Wildman–Crippen LogP) is 1.11. The fraction of sp³-hybridized carbons (Fsp3) is 0.800. The van der Waals surface area contributed by atoms with Crippen molar-refractivity contribution in [1.82, 2.24) is 4.90 Å². The molecule has 0 radical (unpaired) electrons. The zero-order valence-corrected chi connectivity index (χ0v) is 8.53. The maximum Gasteiger partial charge on any atom is 0.306 e. The first-order valence-corrected chi connectivity index (χ1v) is 5.12. The minimum absolute atomic E-state index is 0.216. The number of rotatable bonds is 5. The molecule has 1 amide bonds. The number of hydrogen-bond acceptors (Lipinski definition) is 2. The van der Waals surface area contributed by atoms with Gasteiger partial charge in [-0.05, 0) is 19.3 Å². The van der Waals surface area contributed by atoms with Crippen molar-refractivity contribution in [2.45, 2.75) is 32.6 Å². The fourth-order valence-electron chi connectivity index (χ4n) is 1.65. The summed E-state index contributed by atoms with van der Waals surface area (Å²) in [5.74, 6) is -0.835. The first kappa shape index (κ1) is 11.0. The summed E-state index contributed by atoms with van der Waals surface area (Å²) in [6.07, 6.45) is 3.06. The van der Waals surface area contributed by atoms with E-state index in [9.17, 15) is 9.59 Å². The first-order chi connectivity index (χ1) is 6.61. The molecule has 0 saturated carbocycles. The van der Waals surface area contributed by atoms with E-state index in [1.807, 2.05) is 4.90 Å². The molecule has 4 heteroatoms. The molecule has 80 valence electrons. The smallest absolute Gasteiger partial charge is 0.306 e. The van der Waals surface area contributed by atoms with Crippen molar-refractivity contribution in [3.63, 3.8) is 0 Å². The van der Waals surface area contributed by atoms with Gasteiger partial charge in [-0.15, -0.1) is 0 Å². The van der Waals surface area contributed by atoms with Gasteiger partial charge in [0.25, 0.3) is 0 Å². The Hall–Kier alpha value is -1.06. The molecular formula is C10H17NO3. The predicted molar refractivity (Wildman–Crippen MR) is 51.8 cm³/mol. The molecule has 1 fully saturated rings. The second-order valence-electron chi connectivity index (χ2n) is 3.87. The standard InChI is InChI=1S/C10H17NO3/c1-8(10(13)14)4-2-6-11-7-3-5-9(11)12/h8H,2-7H2,1H3,(H,13,14). The van der Waals surface area contributed by atoms with Gasteiger partial charge in [0, 0.05) is 19.5 Å². The Morgan fingerprint density at radius 3 is 2.86 bits per heavy atom. The summed E-state index contributed by atoms with van der Waals surface area (Å²) in [6, 6.07) is 0. The maximum atomic E-state index is 11.2. The first-order valence-electron chi connectivity index (χ1n) is 5.12. The Kier molecular flexibility index (Phi) is 3.92. The number of nitrogens with zero attached hydrogens (tertiary/aromatic N) is 1. The summed E-state index contributed by atoms with van der Waals surface area (Å²) < 4.78 is 0. The van der Waals surface area contributed by atoms with Crippen LogP contribution in [0.4, 0.5) is 0 Å². The largest absolute Gasteiger partial charge is 0.481 e. The lowest BCUT2D eigenvalue weighted by Crippen LogP contribution is -2.26. The van der Waals surface area contributed by atoms with Crippen LogP contribution in [0, 0.1) is 5.92 Å². The monoisotopic (exact) mass is 199 g/mol. The van der Waals surface area contributed by atoms with Crippen LogP contribution in [0.1, 0.15) is 32.6 Å². The average molecular weight is 199 g/mol. The molecule has 1 aliphatic rings.